The summed E-state index contributed by atoms with van der Waals surface area (Å²) in [7, 11) is 0. The topological polar surface area (TPSA) is 56.4 Å². The van der Waals surface area contributed by atoms with Crippen molar-refractivity contribution in [2.24, 2.45) is 0 Å². The fraction of sp³-hybridized carbons (Fsp3) is 0.0571. The van der Waals surface area contributed by atoms with Gasteiger partial charge in [0.2, 0.25) is 0 Å². The largest absolute Gasteiger partial charge is 0.416 e. The molecular formula is C70H32F12N6S2. The van der Waals surface area contributed by atoms with Crippen LogP contribution < -0.4 is 0 Å². The van der Waals surface area contributed by atoms with Crippen molar-refractivity contribution in [2.45, 2.75) is 24.7 Å². The number of halogens is 12. The Morgan fingerprint density at radius 1 is 0.289 bits per heavy atom. The maximum absolute atomic E-state index is 15.0. The van der Waals surface area contributed by atoms with Gasteiger partial charge in [-0.2, -0.15) is 57.9 Å². The Balaban J connectivity index is 1.15. The number of benzene rings is 10. The molecule has 0 aliphatic carbocycles. The summed E-state index contributed by atoms with van der Waals surface area (Å²) in [6.45, 7) is 0. The summed E-state index contributed by atoms with van der Waals surface area (Å²) in [4.78, 5) is 5.81. The molecule has 17 rings (SSSR count). The van der Waals surface area contributed by atoms with Crippen LogP contribution in [-0.4, -0.2) is 23.3 Å². The molecule has 7 aromatic heterocycles. The van der Waals surface area contributed by atoms with Gasteiger partial charge in [-0.15, -0.1) is 22.7 Å². The van der Waals surface area contributed by atoms with Crippen molar-refractivity contribution in [3.8, 4) is 29.1 Å². The van der Waals surface area contributed by atoms with Crippen LogP contribution >= 0.6 is 22.7 Å². The maximum Gasteiger partial charge on any atom is 0.416 e. The first-order valence-electron chi connectivity index (χ1n) is 27.8. The summed E-state index contributed by atoms with van der Waals surface area (Å²) >= 11 is 3.11. The summed E-state index contributed by atoms with van der Waals surface area (Å²) in [5.74, 6) is -0.164. The molecule has 438 valence electrons. The number of hydrogen-bond acceptors (Lipinski definition) is 4. The monoisotopic (exact) mass is 1250 g/mol. The third-order valence-corrected chi connectivity index (χ3v) is 19.5. The van der Waals surface area contributed by atoms with Gasteiger partial charge in [0.25, 0.3) is 0 Å². The van der Waals surface area contributed by atoms with Crippen LogP contribution in [0.15, 0.2) is 194 Å². The van der Waals surface area contributed by atoms with Crippen molar-refractivity contribution in [1.82, 2.24) is 23.3 Å². The first-order chi connectivity index (χ1) is 43.1. The van der Waals surface area contributed by atoms with E-state index in [0.29, 0.717) is 43.6 Å². The summed E-state index contributed by atoms with van der Waals surface area (Å²) in [6, 6.07) is 50.9. The van der Waals surface area contributed by atoms with Crippen LogP contribution in [-0.2, 0) is 24.7 Å². The van der Waals surface area contributed by atoms with Crippen molar-refractivity contribution in [3.63, 3.8) is 0 Å². The van der Waals surface area contributed by atoms with E-state index in [-0.39, 0.29) is 72.2 Å². The van der Waals surface area contributed by atoms with Crippen LogP contribution in [0.2, 0.25) is 0 Å². The molecule has 17 aromatic rings. The Morgan fingerprint density at radius 3 is 0.922 bits per heavy atom. The summed E-state index contributed by atoms with van der Waals surface area (Å²) in [5.41, 5.74) is -4.05. The minimum absolute atomic E-state index is 0.0820. The number of fused-ring (bicyclic) bond motifs is 18. The van der Waals surface area contributed by atoms with Crippen LogP contribution in [0.4, 0.5) is 52.7 Å². The first kappa shape index (κ1) is 53.8. The number of para-hydroxylation sites is 2. The van der Waals surface area contributed by atoms with Gasteiger partial charge in [-0.25, -0.2) is 4.98 Å². The standard InChI is InChI=1S/C70H32F12N6S2/c71-67(72,73)34-17-21-53-42(25-34)43-26-35(68(74,75)76)18-22-54(43)85(53)63-50(33-83)64(86-55-23-19-36(69(77,78)79)27-44(55)45-28-37(70(80,81)82)20-24-56(45)86)66(88-52-14-6-2-10-39(52)47-32-62-49(30-58(47)88)41-12-4-8-16-60(41)90-62)84-65(63)87-51-13-5-1-9-38(51)46-31-61-48(29-57(46)87)40-11-3-7-15-59(40)89-61/h1-32H. The quantitative estimate of drug-likeness (QED) is 0.165. The van der Waals surface area contributed by atoms with E-state index < -0.39 is 47.0 Å². The number of aromatic nitrogens is 5. The molecule has 0 aliphatic rings. The number of pyridine rings is 1. The number of nitriles is 1. The van der Waals surface area contributed by atoms with Gasteiger partial charge in [0.15, 0.2) is 11.6 Å². The second-order valence-corrected chi connectivity index (χ2v) is 24.3. The molecule has 0 atom stereocenters. The van der Waals surface area contributed by atoms with Crippen LogP contribution in [0, 0.1) is 11.3 Å². The number of hydrogen-bond donors (Lipinski definition) is 0. The molecule has 0 radical (unpaired) electrons. The highest BCUT2D eigenvalue weighted by Gasteiger charge is 2.38. The van der Waals surface area contributed by atoms with Gasteiger partial charge >= 0.3 is 24.7 Å². The lowest BCUT2D eigenvalue weighted by Gasteiger charge is -2.24. The highest BCUT2D eigenvalue weighted by atomic mass is 32.1. The van der Waals surface area contributed by atoms with Crippen LogP contribution in [0.3, 0.4) is 0 Å². The van der Waals surface area contributed by atoms with Crippen LogP contribution in [0.25, 0.3) is 151 Å². The second kappa shape index (κ2) is 18.4. The van der Waals surface area contributed by atoms with Gasteiger partial charge in [-0.05, 0) is 121 Å². The molecule has 10 aromatic carbocycles. The minimum atomic E-state index is -5.00. The number of thiophene rings is 2. The number of alkyl halides is 12. The normalized spacial score (nSPS) is 13.1. The smallest absolute Gasteiger partial charge is 0.305 e. The zero-order chi connectivity index (χ0) is 61.8. The molecule has 20 heteroatoms. The zero-order valence-electron chi connectivity index (χ0n) is 45.5. The lowest BCUT2D eigenvalue weighted by Crippen LogP contribution is -2.16. The Hall–Kier alpha value is -10.4. The van der Waals surface area contributed by atoms with Crippen molar-refractivity contribution in [1.29, 1.82) is 5.26 Å². The molecule has 0 amide bonds. The number of rotatable bonds is 4. The minimum Gasteiger partial charge on any atom is -0.305 e. The van der Waals surface area contributed by atoms with Crippen molar-refractivity contribution in [2.75, 3.05) is 0 Å². The lowest BCUT2D eigenvalue weighted by molar-refractivity contribution is -0.138. The predicted molar refractivity (Wildman–Crippen MR) is 332 cm³/mol. The molecule has 0 N–H and O–H groups in total. The second-order valence-electron chi connectivity index (χ2n) is 22.2. The molecule has 0 bridgehead atoms. The van der Waals surface area contributed by atoms with Gasteiger partial charge in [0, 0.05) is 83.4 Å². The van der Waals surface area contributed by atoms with Gasteiger partial charge in [-0.3, -0.25) is 9.13 Å². The van der Waals surface area contributed by atoms with Gasteiger partial charge < -0.3 is 9.13 Å². The molecule has 0 saturated carbocycles. The summed E-state index contributed by atoms with van der Waals surface area (Å²) in [6.07, 6.45) is -20.0. The van der Waals surface area contributed by atoms with E-state index in [4.69, 9.17) is 4.98 Å². The van der Waals surface area contributed by atoms with E-state index >= 15 is 0 Å². The van der Waals surface area contributed by atoms with Crippen molar-refractivity contribution in [3.05, 3.63) is 222 Å². The molecule has 0 fully saturated rings. The van der Waals surface area contributed by atoms with E-state index in [1.165, 1.54) is 9.13 Å². The molecular weight excluding hydrogens is 1220 g/mol. The Kier molecular flexibility index (Phi) is 11.0. The fourth-order valence-corrected chi connectivity index (χ4v) is 15.7. The molecule has 6 nitrogen and oxygen atoms in total. The molecule has 0 spiro atoms. The Bertz CT molecular complexity index is 5570. The fourth-order valence-electron chi connectivity index (χ4n) is 13.4. The van der Waals surface area contributed by atoms with Gasteiger partial charge in [-0.1, -0.05) is 72.8 Å². The van der Waals surface area contributed by atoms with Crippen LogP contribution in [0.5, 0.6) is 0 Å². The highest BCUT2D eigenvalue weighted by Crippen LogP contribution is 2.50. The van der Waals surface area contributed by atoms with Crippen LogP contribution in [0.1, 0.15) is 27.8 Å². The SMILES string of the molecule is N#Cc1c(-n2c3ccc(C(F)(F)F)cc3c3cc(C(F)(F)F)ccc32)c(-n2c3ccccc3c3cc4sc5ccccc5c4cc32)nc(-n2c3ccccc3c3cc4sc5ccccc5c4cc32)c1-n1c2ccc(C(F)(F)F)cc2c2cc(C(F)(F)F)ccc21. The zero-order valence-corrected chi connectivity index (χ0v) is 47.1. The Morgan fingerprint density at radius 2 is 0.589 bits per heavy atom. The van der Waals surface area contributed by atoms with Crippen molar-refractivity contribution >= 4 is 150 Å². The third-order valence-electron chi connectivity index (χ3n) is 17.3. The molecule has 0 aliphatic heterocycles. The first-order valence-corrected chi connectivity index (χ1v) is 29.4. The van der Waals surface area contributed by atoms with E-state index in [1.54, 1.807) is 43.9 Å². The van der Waals surface area contributed by atoms with E-state index in [1.807, 2.05) is 109 Å². The molecule has 0 unspecified atom stereocenters. The van der Waals surface area contributed by atoms with Gasteiger partial charge in [0.05, 0.1) is 66.4 Å². The molecule has 90 heavy (non-hydrogen) atoms. The average Bonchev–Trinajstić information content (AvgIpc) is 1.50. The van der Waals surface area contributed by atoms with Crippen molar-refractivity contribution < 1.29 is 52.7 Å². The van der Waals surface area contributed by atoms with E-state index in [9.17, 15) is 57.9 Å². The third kappa shape index (κ3) is 7.68. The number of nitrogens with zero attached hydrogens (tertiary/aromatic N) is 6. The Labute approximate surface area is 504 Å². The van der Waals surface area contributed by atoms with Gasteiger partial charge in [0.1, 0.15) is 23.0 Å². The predicted octanol–water partition coefficient (Wildman–Crippen LogP) is 22.2. The average molecular weight is 1250 g/mol. The van der Waals surface area contributed by atoms with E-state index in [0.717, 1.165) is 113 Å². The molecule has 0 saturated heterocycles. The maximum atomic E-state index is 15.0. The summed E-state index contributed by atoms with van der Waals surface area (Å²) < 4.78 is 190. The van der Waals surface area contributed by atoms with E-state index in [2.05, 4.69) is 6.07 Å². The lowest BCUT2D eigenvalue weighted by atomic mass is 10.1. The molecule has 7 heterocycles. The highest BCUT2D eigenvalue weighted by molar-refractivity contribution is 7.26. The summed E-state index contributed by atoms with van der Waals surface area (Å²) in [5, 5.41) is 17.6.